The van der Waals surface area contributed by atoms with E-state index in [4.69, 9.17) is 18.9 Å². The average molecular weight is 705 g/mol. The second kappa shape index (κ2) is 17.9. The second-order valence-corrected chi connectivity index (χ2v) is 16.5. The van der Waals surface area contributed by atoms with Gasteiger partial charge in [0.15, 0.2) is 0 Å². The summed E-state index contributed by atoms with van der Waals surface area (Å²) in [5.41, 5.74) is -0.781. The fourth-order valence-corrected chi connectivity index (χ4v) is 6.83. The van der Waals surface area contributed by atoms with Gasteiger partial charge in [-0.15, -0.1) is 0 Å². The van der Waals surface area contributed by atoms with Crippen LogP contribution in [0.25, 0.3) is 0 Å². The molecule has 266 valence electrons. The van der Waals surface area contributed by atoms with Crippen molar-refractivity contribution in [3.05, 3.63) is 47.5 Å². The minimum absolute atomic E-state index is 0.121. The van der Waals surface area contributed by atoms with Crippen molar-refractivity contribution in [1.82, 2.24) is 10.6 Å². The number of hydrogen-bond donors (Lipinski definition) is 2. The van der Waals surface area contributed by atoms with Crippen molar-refractivity contribution in [3.8, 4) is 11.5 Å². The second-order valence-electron chi connectivity index (χ2n) is 14.3. The number of rotatable bonds is 15. The lowest BCUT2D eigenvalue weighted by atomic mass is 10.0. The number of carbonyl (C=O) groups is 4. The molecule has 0 aliphatic rings. The third-order valence-corrected chi connectivity index (χ3v) is 8.94. The fraction of sp³-hybridized carbons (Fsp3) is 0.556. The van der Waals surface area contributed by atoms with Crippen LogP contribution in [0.2, 0.25) is 0 Å². The van der Waals surface area contributed by atoms with Gasteiger partial charge in [-0.05, 0) is 103 Å². The molecule has 2 aromatic rings. The van der Waals surface area contributed by atoms with E-state index in [2.05, 4.69) is 10.6 Å². The van der Waals surface area contributed by atoms with E-state index in [1.165, 1.54) is 35.8 Å². The number of methoxy groups -OCH3 is 2. The SMILES string of the molecule is COc1ccc(C(=O)N[C@@H](CC(C)C)C(=O)OC(C)(C)C)c(SSc2cc(OC)ccc2C(=O)N[C@@H](CC(C)C)C(=O)OC(C)(C)C)c1. The molecule has 48 heavy (non-hydrogen) atoms. The van der Waals surface area contributed by atoms with Gasteiger partial charge in [0.1, 0.15) is 34.8 Å². The molecular weight excluding hydrogens is 653 g/mol. The van der Waals surface area contributed by atoms with Gasteiger partial charge < -0.3 is 29.6 Å². The standard InChI is InChI=1S/C36H52N2O8S2/c1-21(2)17-27(33(41)45-35(5,6)7)37-31(39)25-15-13-23(43-11)19-29(25)47-48-30-20-24(44-12)14-16-26(30)32(40)38-28(18-22(3)4)34(42)46-36(8,9)10/h13-16,19-22,27-28H,17-18H2,1-12H3,(H,37,39)(H,38,40)/t27-,28-/m0/s1. The van der Waals surface area contributed by atoms with Gasteiger partial charge in [-0.2, -0.15) is 0 Å². The van der Waals surface area contributed by atoms with Gasteiger partial charge >= 0.3 is 11.9 Å². The quantitative estimate of drug-likeness (QED) is 0.142. The summed E-state index contributed by atoms with van der Waals surface area (Å²) in [7, 11) is 5.55. The van der Waals surface area contributed by atoms with Crippen LogP contribution in [-0.4, -0.2) is 61.3 Å². The number of hydrogen-bond acceptors (Lipinski definition) is 10. The first-order valence-electron chi connectivity index (χ1n) is 16.0. The molecule has 0 spiro atoms. The van der Waals surface area contributed by atoms with Gasteiger partial charge in [0.25, 0.3) is 11.8 Å². The monoisotopic (exact) mass is 704 g/mol. The smallest absolute Gasteiger partial charge is 0.329 e. The van der Waals surface area contributed by atoms with Crippen molar-refractivity contribution in [1.29, 1.82) is 0 Å². The van der Waals surface area contributed by atoms with Gasteiger partial charge in [-0.25, -0.2) is 9.59 Å². The first-order chi connectivity index (χ1) is 22.2. The van der Waals surface area contributed by atoms with E-state index < -0.39 is 47.0 Å². The molecule has 10 nitrogen and oxygen atoms in total. The van der Waals surface area contributed by atoms with Crippen molar-refractivity contribution in [3.63, 3.8) is 0 Å². The largest absolute Gasteiger partial charge is 0.497 e. The molecule has 0 saturated carbocycles. The minimum Gasteiger partial charge on any atom is -0.497 e. The molecule has 0 saturated heterocycles. The first-order valence-corrected chi connectivity index (χ1v) is 18.2. The van der Waals surface area contributed by atoms with Crippen molar-refractivity contribution >= 4 is 45.3 Å². The number of amides is 2. The molecule has 0 radical (unpaired) electrons. The minimum atomic E-state index is -0.846. The molecule has 2 amide bonds. The third kappa shape index (κ3) is 13.6. The van der Waals surface area contributed by atoms with Crippen molar-refractivity contribution in [2.45, 2.75) is 115 Å². The van der Waals surface area contributed by atoms with E-state index in [1.54, 1.807) is 77.9 Å². The van der Waals surface area contributed by atoms with Crippen molar-refractivity contribution in [2.24, 2.45) is 11.8 Å². The zero-order chi connectivity index (χ0) is 36.4. The zero-order valence-electron chi connectivity index (χ0n) is 30.3. The Balaban J connectivity index is 2.42. The first kappa shape index (κ1) is 40.8. The van der Waals surface area contributed by atoms with Crippen LogP contribution in [0, 0.1) is 11.8 Å². The van der Waals surface area contributed by atoms with Crippen LogP contribution in [0.1, 0.15) is 103 Å². The molecule has 2 atom stereocenters. The summed E-state index contributed by atoms with van der Waals surface area (Å²) >= 11 is 0. The fourth-order valence-electron chi connectivity index (χ4n) is 4.45. The highest BCUT2D eigenvalue weighted by Gasteiger charge is 2.30. The van der Waals surface area contributed by atoms with E-state index in [0.717, 1.165) is 0 Å². The zero-order valence-corrected chi connectivity index (χ0v) is 31.9. The molecule has 0 unspecified atom stereocenters. The van der Waals surface area contributed by atoms with Crippen LogP contribution >= 0.6 is 21.6 Å². The normalized spacial score (nSPS) is 13.0. The van der Waals surface area contributed by atoms with Gasteiger partial charge in [0, 0.05) is 9.79 Å². The molecule has 2 N–H and O–H groups in total. The molecule has 0 aliphatic heterocycles. The lowest BCUT2D eigenvalue weighted by Crippen LogP contribution is -2.45. The lowest BCUT2D eigenvalue weighted by Gasteiger charge is -2.26. The van der Waals surface area contributed by atoms with Gasteiger partial charge in [0.2, 0.25) is 0 Å². The number of benzene rings is 2. The summed E-state index contributed by atoms with van der Waals surface area (Å²) in [6, 6.07) is 8.36. The van der Waals surface area contributed by atoms with E-state index in [1.807, 2.05) is 27.7 Å². The van der Waals surface area contributed by atoms with Gasteiger partial charge in [0.05, 0.1) is 25.3 Å². The Labute approximate surface area is 293 Å². The van der Waals surface area contributed by atoms with E-state index >= 15 is 0 Å². The molecule has 12 heteroatoms. The molecule has 0 heterocycles. The molecule has 2 rings (SSSR count). The number of nitrogens with one attached hydrogen (secondary N) is 2. The third-order valence-electron chi connectivity index (χ3n) is 6.50. The Morgan fingerprint density at radius 2 is 0.958 bits per heavy atom. The van der Waals surface area contributed by atoms with Crippen LogP contribution < -0.4 is 20.1 Å². The maximum absolute atomic E-state index is 13.7. The topological polar surface area (TPSA) is 129 Å². The number of ether oxygens (including phenoxy) is 4. The van der Waals surface area contributed by atoms with Crippen LogP contribution in [-0.2, 0) is 19.1 Å². The highest BCUT2D eigenvalue weighted by molar-refractivity contribution is 8.76. The van der Waals surface area contributed by atoms with Crippen LogP contribution in [0.3, 0.4) is 0 Å². The van der Waals surface area contributed by atoms with E-state index in [0.29, 0.717) is 45.3 Å². The van der Waals surface area contributed by atoms with Crippen molar-refractivity contribution < 1.29 is 38.1 Å². The molecule has 0 fully saturated rings. The van der Waals surface area contributed by atoms with E-state index in [-0.39, 0.29) is 11.8 Å². The van der Waals surface area contributed by atoms with Crippen LogP contribution in [0.15, 0.2) is 46.2 Å². The maximum atomic E-state index is 13.7. The highest BCUT2D eigenvalue weighted by atomic mass is 33.1. The Kier molecular flexibility index (Phi) is 15.2. The summed E-state index contributed by atoms with van der Waals surface area (Å²) in [6.07, 6.45) is 0.800. The maximum Gasteiger partial charge on any atom is 0.329 e. The summed E-state index contributed by atoms with van der Waals surface area (Å²) in [5, 5.41) is 5.74. The van der Waals surface area contributed by atoms with E-state index in [9.17, 15) is 19.2 Å². The molecule has 0 aromatic heterocycles. The molecule has 0 bridgehead atoms. The van der Waals surface area contributed by atoms with Crippen molar-refractivity contribution in [2.75, 3.05) is 14.2 Å². The Hall–Kier alpha value is -3.38. The van der Waals surface area contributed by atoms with Gasteiger partial charge in [-0.1, -0.05) is 49.3 Å². The van der Waals surface area contributed by atoms with Crippen LogP contribution in [0.5, 0.6) is 11.5 Å². The lowest BCUT2D eigenvalue weighted by molar-refractivity contribution is -0.158. The Morgan fingerprint density at radius 1 is 0.625 bits per heavy atom. The molecule has 0 aliphatic carbocycles. The predicted molar refractivity (Wildman–Crippen MR) is 191 cm³/mol. The number of carbonyl (C=O) groups excluding carboxylic acids is 4. The summed E-state index contributed by atoms with van der Waals surface area (Å²) < 4.78 is 22.1. The van der Waals surface area contributed by atoms with Crippen LogP contribution in [0.4, 0.5) is 0 Å². The molecule has 2 aromatic carbocycles. The molecular formula is C36H52N2O8S2. The van der Waals surface area contributed by atoms with Gasteiger partial charge in [-0.3, -0.25) is 9.59 Å². The summed E-state index contributed by atoms with van der Waals surface area (Å²) in [6.45, 7) is 18.6. The summed E-state index contributed by atoms with van der Waals surface area (Å²) in [4.78, 5) is 54.5. The highest BCUT2D eigenvalue weighted by Crippen LogP contribution is 2.43. The Morgan fingerprint density at radius 3 is 1.23 bits per heavy atom. The summed E-state index contributed by atoms with van der Waals surface area (Å²) in [5.74, 6) is -0.612. The Bertz CT molecular complexity index is 1320. The average Bonchev–Trinajstić information content (AvgIpc) is 2.96. The number of esters is 2. The predicted octanol–water partition coefficient (Wildman–Crippen LogP) is 7.48.